The van der Waals surface area contributed by atoms with Gasteiger partial charge in [0.25, 0.3) is 0 Å². The number of benzene rings is 2. The molecule has 2 N–H and O–H groups in total. The molecular formula is C22H21N3O2. The summed E-state index contributed by atoms with van der Waals surface area (Å²) in [4.78, 5) is 16.8. The smallest absolute Gasteiger partial charge is 0.189 e. The van der Waals surface area contributed by atoms with Gasteiger partial charge in [0.2, 0.25) is 0 Å². The van der Waals surface area contributed by atoms with Crippen LogP contribution in [0.15, 0.2) is 66.8 Å². The van der Waals surface area contributed by atoms with Crippen molar-refractivity contribution in [2.45, 2.75) is 19.4 Å². The Bertz CT molecular complexity index is 973. The zero-order valence-corrected chi connectivity index (χ0v) is 15.0. The number of carbonyl (C=O) groups excluding carboxylic acids is 1. The molecule has 27 heavy (non-hydrogen) atoms. The summed E-state index contributed by atoms with van der Waals surface area (Å²) in [6.45, 7) is 1.30. The number of Topliss-reactive ketones (excluding diaryl/α,β-unsaturated/α-hetero) is 1. The molecule has 5 nitrogen and oxygen atoms in total. The summed E-state index contributed by atoms with van der Waals surface area (Å²) in [7, 11) is 0. The predicted molar refractivity (Wildman–Crippen MR) is 106 cm³/mol. The molecule has 4 rings (SSSR count). The molecule has 0 saturated heterocycles. The van der Waals surface area contributed by atoms with Crippen LogP contribution in [0, 0.1) is 0 Å². The topological polar surface area (TPSA) is 70.1 Å². The third kappa shape index (κ3) is 3.92. The molecule has 0 saturated carbocycles. The van der Waals surface area contributed by atoms with Gasteiger partial charge in [-0.2, -0.15) is 0 Å². The van der Waals surface area contributed by atoms with Crippen molar-refractivity contribution < 1.29 is 9.53 Å². The molecule has 0 bridgehead atoms. The third-order valence-corrected chi connectivity index (χ3v) is 4.73. The summed E-state index contributed by atoms with van der Waals surface area (Å²) in [6.07, 6.45) is 8.95. The molecule has 0 radical (unpaired) electrons. The molecule has 0 aliphatic heterocycles. The van der Waals surface area contributed by atoms with Gasteiger partial charge in [-0.05, 0) is 60.4 Å². The molecule has 5 heteroatoms. The Hall–Kier alpha value is -3.34. The summed E-state index contributed by atoms with van der Waals surface area (Å²) in [6, 6.07) is 13.3. The van der Waals surface area contributed by atoms with Crippen LogP contribution in [0.1, 0.15) is 27.9 Å². The number of ether oxygens (including phenoxy) is 1. The van der Waals surface area contributed by atoms with E-state index in [-0.39, 0.29) is 5.78 Å². The van der Waals surface area contributed by atoms with Gasteiger partial charge in [0, 0.05) is 29.2 Å². The van der Waals surface area contributed by atoms with E-state index in [1.54, 1.807) is 12.5 Å². The highest BCUT2D eigenvalue weighted by molar-refractivity contribution is 6.13. The summed E-state index contributed by atoms with van der Waals surface area (Å²) in [5.41, 5.74) is 10.1. The highest BCUT2D eigenvalue weighted by Gasteiger charge is 2.22. The number of rotatable bonds is 5. The Morgan fingerprint density at radius 1 is 1.15 bits per heavy atom. The van der Waals surface area contributed by atoms with Crippen LogP contribution in [-0.4, -0.2) is 21.9 Å². The van der Waals surface area contributed by atoms with Crippen LogP contribution in [0.4, 0.5) is 5.69 Å². The number of hydrogen-bond acceptors (Lipinski definition) is 4. The van der Waals surface area contributed by atoms with Crippen molar-refractivity contribution in [3.8, 4) is 5.75 Å². The molecule has 0 spiro atoms. The van der Waals surface area contributed by atoms with E-state index in [0.29, 0.717) is 6.61 Å². The zero-order chi connectivity index (χ0) is 18.6. The van der Waals surface area contributed by atoms with Gasteiger partial charge in [-0.1, -0.05) is 12.1 Å². The fraction of sp³-hybridized carbons (Fsp3) is 0.182. The van der Waals surface area contributed by atoms with Crippen LogP contribution in [-0.2, 0) is 13.0 Å². The fourth-order valence-electron chi connectivity index (χ4n) is 3.26. The first-order valence-corrected chi connectivity index (χ1v) is 9.01. The Morgan fingerprint density at radius 2 is 2.00 bits per heavy atom. The van der Waals surface area contributed by atoms with Crippen LogP contribution >= 0.6 is 0 Å². The van der Waals surface area contributed by atoms with Gasteiger partial charge < -0.3 is 15.0 Å². The monoisotopic (exact) mass is 359 g/mol. The maximum absolute atomic E-state index is 12.8. The first-order chi connectivity index (χ1) is 13.2. The molecule has 1 aliphatic rings. The van der Waals surface area contributed by atoms with E-state index >= 15 is 0 Å². The molecule has 1 heterocycles. The first kappa shape index (κ1) is 17.1. The number of aryl methyl sites for hydroxylation is 1. The molecule has 1 aromatic heterocycles. The fourth-order valence-corrected chi connectivity index (χ4v) is 3.26. The molecule has 2 aromatic carbocycles. The number of nitrogens with two attached hydrogens (primary N) is 1. The Kier molecular flexibility index (Phi) is 4.75. The molecular weight excluding hydrogens is 338 g/mol. The lowest BCUT2D eigenvalue weighted by Gasteiger charge is -2.19. The first-order valence-electron chi connectivity index (χ1n) is 9.01. The van der Waals surface area contributed by atoms with Gasteiger partial charge in [0.05, 0.1) is 12.9 Å². The maximum Gasteiger partial charge on any atom is 0.189 e. The Morgan fingerprint density at radius 3 is 2.78 bits per heavy atom. The molecule has 0 amide bonds. The van der Waals surface area contributed by atoms with Crippen molar-refractivity contribution in [1.82, 2.24) is 9.55 Å². The summed E-state index contributed by atoms with van der Waals surface area (Å²) >= 11 is 0. The minimum atomic E-state index is 0.0954. The molecule has 3 aromatic rings. The van der Waals surface area contributed by atoms with Crippen molar-refractivity contribution >= 4 is 17.5 Å². The van der Waals surface area contributed by atoms with E-state index in [1.807, 2.05) is 59.3 Å². The van der Waals surface area contributed by atoms with Crippen molar-refractivity contribution in [2.24, 2.45) is 0 Å². The van der Waals surface area contributed by atoms with Crippen LogP contribution in [0.25, 0.3) is 6.08 Å². The number of ketones is 1. The van der Waals surface area contributed by atoms with Crippen molar-refractivity contribution in [3.05, 3.63) is 83.4 Å². The Balaban J connectivity index is 1.46. The average molecular weight is 359 g/mol. The lowest BCUT2D eigenvalue weighted by Crippen LogP contribution is -2.14. The van der Waals surface area contributed by atoms with Gasteiger partial charge in [-0.3, -0.25) is 4.79 Å². The van der Waals surface area contributed by atoms with Crippen molar-refractivity contribution in [2.75, 3.05) is 12.3 Å². The third-order valence-electron chi connectivity index (χ3n) is 4.73. The number of hydrogen-bond donors (Lipinski definition) is 1. The summed E-state index contributed by atoms with van der Waals surface area (Å²) in [5, 5.41) is 0. The molecule has 0 unspecified atom stereocenters. The van der Waals surface area contributed by atoms with E-state index in [2.05, 4.69) is 4.98 Å². The van der Waals surface area contributed by atoms with Crippen molar-refractivity contribution in [3.63, 3.8) is 0 Å². The zero-order valence-electron chi connectivity index (χ0n) is 15.0. The molecule has 1 aliphatic carbocycles. The number of nitrogens with zero attached hydrogens (tertiary/aromatic N) is 2. The standard InChI is InChI=1S/C22H21N3O2/c23-19-5-1-16(2-6-19)13-18-4-3-17-14-20(7-8-21(17)22(18)26)27-12-11-25-10-9-24-15-25/h1-2,5-10,13-15H,3-4,11-12,23H2/b18-13-. The SMILES string of the molecule is Nc1ccc(/C=C2/CCc3cc(OCCn4ccnc4)ccc3C2=O)cc1. The van der Waals surface area contributed by atoms with E-state index in [4.69, 9.17) is 10.5 Å². The van der Waals surface area contributed by atoms with Crippen LogP contribution < -0.4 is 10.5 Å². The number of anilines is 1. The van der Waals surface area contributed by atoms with E-state index < -0.39 is 0 Å². The van der Waals surface area contributed by atoms with Gasteiger partial charge in [0.1, 0.15) is 12.4 Å². The molecule has 0 fully saturated rings. The van der Waals surface area contributed by atoms with E-state index in [9.17, 15) is 4.79 Å². The van der Waals surface area contributed by atoms with Crippen LogP contribution in [0.2, 0.25) is 0 Å². The number of aromatic nitrogens is 2. The van der Waals surface area contributed by atoms with Crippen LogP contribution in [0.5, 0.6) is 5.75 Å². The van der Waals surface area contributed by atoms with Gasteiger partial charge in [-0.25, -0.2) is 4.98 Å². The normalized spacial score (nSPS) is 15.0. The number of carbonyl (C=O) groups is 1. The molecule has 136 valence electrons. The van der Waals surface area contributed by atoms with Gasteiger partial charge in [-0.15, -0.1) is 0 Å². The second-order valence-electron chi connectivity index (χ2n) is 6.63. The summed E-state index contributed by atoms with van der Waals surface area (Å²) in [5.74, 6) is 0.894. The second kappa shape index (κ2) is 7.50. The van der Waals surface area contributed by atoms with Crippen molar-refractivity contribution in [1.29, 1.82) is 0 Å². The predicted octanol–water partition coefficient (Wildman–Crippen LogP) is 3.76. The molecule has 0 atom stereocenters. The number of fused-ring (bicyclic) bond motifs is 1. The number of allylic oxidation sites excluding steroid dienone is 1. The minimum absolute atomic E-state index is 0.0954. The highest BCUT2D eigenvalue weighted by atomic mass is 16.5. The quantitative estimate of drug-likeness (QED) is 0.556. The summed E-state index contributed by atoms with van der Waals surface area (Å²) < 4.78 is 7.80. The average Bonchev–Trinajstić information content (AvgIpc) is 3.19. The Labute approximate surface area is 158 Å². The second-order valence-corrected chi connectivity index (χ2v) is 6.63. The van der Waals surface area contributed by atoms with Crippen LogP contribution in [0.3, 0.4) is 0 Å². The lowest BCUT2D eigenvalue weighted by atomic mass is 9.86. The van der Waals surface area contributed by atoms with Gasteiger partial charge >= 0.3 is 0 Å². The number of nitrogen functional groups attached to an aromatic ring is 1. The highest BCUT2D eigenvalue weighted by Crippen LogP contribution is 2.29. The van der Waals surface area contributed by atoms with E-state index in [0.717, 1.165) is 53.1 Å². The lowest BCUT2D eigenvalue weighted by molar-refractivity contribution is 0.102. The minimum Gasteiger partial charge on any atom is -0.492 e. The largest absolute Gasteiger partial charge is 0.492 e. The van der Waals surface area contributed by atoms with E-state index in [1.165, 1.54) is 0 Å². The number of imidazole rings is 1. The van der Waals surface area contributed by atoms with Gasteiger partial charge in [0.15, 0.2) is 5.78 Å². The maximum atomic E-state index is 12.8.